The van der Waals surface area contributed by atoms with E-state index in [1.165, 1.54) is 24.3 Å². The Morgan fingerprint density at radius 1 is 1.15 bits per heavy atom. The summed E-state index contributed by atoms with van der Waals surface area (Å²) in [7, 11) is 0. The number of carbonyl (C=O) groups excluding carboxylic acids is 1. The molecule has 8 heteroatoms. The first-order valence-electron chi connectivity index (χ1n) is 8.87. The van der Waals surface area contributed by atoms with E-state index in [4.69, 9.17) is 4.74 Å². The summed E-state index contributed by atoms with van der Waals surface area (Å²) < 4.78 is 44.6. The molecule has 2 aromatic rings. The fourth-order valence-corrected chi connectivity index (χ4v) is 4.54. The summed E-state index contributed by atoms with van der Waals surface area (Å²) in [4.78, 5) is 15.3. The molecule has 4 nitrogen and oxygen atoms in total. The van der Waals surface area contributed by atoms with Gasteiger partial charge in [0.2, 0.25) is 0 Å². The number of thiophene rings is 1. The monoisotopic (exact) mass is 396 g/mol. The molecule has 144 valence electrons. The maximum Gasteiger partial charge on any atom is 0.419 e. The number of para-hydroxylation sites is 1. The van der Waals surface area contributed by atoms with Crippen molar-refractivity contribution in [1.82, 2.24) is 10.2 Å². The lowest BCUT2D eigenvalue weighted by Gasteiger charge is -2.44. The van der Waals surface area contributed by atoms with Gasteiger partial charge in [-0.3, -0.25) is 4.79 Å². The Labute approximate surface area is 158 Å². The average molecular weight is 396 g/mol. The predicted molar refractivity (Wildman–Crippen MR) is 96.3 cm³/mol. The van der Waals surface area contributed by atoms with Gasteiger partial charge in [-0.05, 0) is 56.1 Å². The van der Waals surface area contributed by atoms with E-state index in [1.807, 2.05) is 0 Å². The third kappa shape index (κ3) is 3.96. The largest absolute Gasteiger partial charge is 0.446 e. The number of carbonyl (C=O) groups is 1. The fraction of sp³-hybridized carbons (Fsp3) is 0.421. The van der Waals surface area contributed by atoms with Crippen LogP contribution in [0, 0.1) is 5.92 Å². The first kappa shape index (κ1) is 18.3. The molecule has 0 spiro atoms. The highest BCUT2D eigenvalue weighted by molar-refractivity contribution is 7.15. The lowest BCUT2D eigenvalue weighted by Crippen LogP contribution is -2.57. The smallest absolute Gasteiger partial charge is 0.419 e. The zero-order valence-electron chi connectivity index (χ0n) is 14.5. The van der Waals surface area contributed by atoms with E-state index in [1.54, 1.807) is 6.07 Å². The number of benzene rings is 1. The van der Waals surface area contributed by atoms with Gasteiger partial charge >= 0.3 is 6.18 Å². The Morgan fingerprint density at radius 2 is 1.89 bits per heavy atom. The van der Waals surface area contributed by atoms with Crippen LogP contribution in [0.2, 0.25) is 0 Å². The first-order chi connectivity index (χ1) is 12.9. The standard InChI is InChI=1S/C19H19F3N2O2S/c20-19(21,22)13-3-1-2-4-15(13)26-17-6-5-16(27-17)18(25)23-14-11-24-9-7-12(14)8-10-24/h1-6,12,14H,7-11H2,(H,23,25). The number of hydrogen-bond acceptors (Lipinski definition) is 4. The summed E-state index contributed by atoms with van der Waals surface area (Å²) in [6, 6.07) is 8.31. The maximum absolute atomic E-state index is 13.1. The number of fused-ring (bicyclic) bond motifs is 3. The van der Waals surface area contributed by atoms with E-state index < -0.39 is 11.7 Å². The van der Waals surface area contributed by atoms with E-state index in [2.05, 4.69) is 10.2 Å². The van der Waals surface area contributed by atoms with Gasteiger partial charge in [0, 0.05) is 12.6 Å². The molecular weight excluding hydrogens is 377 g/mol. The van der Waals surface area contributed by atoms with Crippen molar-refractivity contribution in [3.05, 3.63) is 46.8 Å². The van der Waals surface area contributed by atoms with Crippen LogP contribution in [0.15, 0.2) is 36.4 Å². The van der Waals surface area contributed by atoms with Crippen LogP contribution in [-0.4, -0.2) is 36.5 Å². The zero-order valence-corrected chi connectivity index (χ0v) is 15.3. The average Bonchev–Trinajstić information content (AvgIpc) is 3.11. The van der Waals surface area contributed by atoms with E-state index in [0.29, 0.717) is 10.8 Å². The Bertz CT molecular complexity index is 828. The van der Waals surface area contributed by atoms with Gasteiger partial charge in [-0.1, -0.05) is 23.5 Å². The van der Waals surface area contributed by atoms with Gasteiger partial charge < -0.3 is 15.0 Å². The van der Waals surface area contributed by atoms with E-state index in [0.717, 1.165) is 49.9 Å². The zero-order chi connectivity index (χ0) is 19.0. The normalized spacial score (nSPS) is 24.6. The maximum atomic E-state index is 13.1. The molecule has 1 atom stereocenters. The summed E-state index contributed by atoms with van der Waals surface area (Å²) in [5.74, 6) is 0.0437. The molecule has 1 aromatic heterocycles. The van der Waals surface area contributed by atoms with Crippen molar-refractivity contribution in [2.45, 2.75) is 25.1 Å². The summed E-state index contributed by atoms with van der Waals surface area (Å²) >= 11 is 1.05. The molecule has 5 rings (SSSR count). The molecule has 0 saturated carbocycles. The molecule has 3 aliphatic heterocycles. The van der Waals surface area contributed by atoms with Crippen LogP contribution in [0.1, 0.15) is 28.1 Å². The molecular formula is C19H19F3N2O2S. The minimum absolute atomic E-state index is 0.137. The Balaban J connectivity index is 1.44. The first-order valence-corrected chi connectivity index (χ1v) is 9.69. The molecule has 3 fully saturated rings. The van der Waals surface area contributed by atoms with Gasteiger partial charge in [0.15, 0.2) is 5.06 Å². The highest BCUT2D eigenvalue weighted by atomic mass is 32.1. The van der Waals surface area contributed by atoms with Crippen LogP contribution in [-0.2, 0) is 6.18 Å². The highest BCUT2D eigenvalue weighted by Crippen LogP contribution is 2.39. The van der Waals surface area contributed by atoms with Gasteiger partial charge in [0.25, 0.3) is 5.91 Å². The number of amides is 1. The van der Waals surface area contributed by atoms with Gasteiger partial charge in [-0.15, -0.1) is 0 Å². The van der Waals surface area contributed by atoms with Crippen molar-refractivity contribution in [1.29, 1.82) is 0 Å². The van der Waals surface area contributed by atoms with Gasteiger partial charge in [0.1, 0.15) is 5.75 Å². The molecule has 1 aromatic carbocycles. The molecule has 3 aliphatic rings. The van der Waals surface area contributed by atoms with Crippen LogP contribution in [0.3, 0.4) is 0 Å². The lowest BCUT2D eigenvalue weighted by atomic mass is 9.84. The number of nitrogens with zero attached hydrogens (tertiary/aromatic N) is 1. The summed E-state index contributed by atoms with van der Waals surface area (Å²) in [6.45, 7) is 3.05. The summed E-state index contributed by atoms with van der Waals surface area (Å²) in [6.07, 6.45) is -2.31. The van der Waals surface area contributed by atoms with Crippen LogP contribution in [0.5, 0.6) is 10.8 Å². The van der Waals surface area contributed by atoms with Crippen LogP contribution in [0.25, 0.3) is 0 Å². The number of nitrogens with one attached hydrogen (secondary N) is 1. The van der Waals surface area contributed by atoms with Crippen molar-refractivity contribution >= 4 is 17.2 Å². The van der Waals surface area contributed by atoms with Crippen molar-refractivity contribution in [3.8, 4) is 10.8 Å². The molecule has 1 unspecified atom stereocenters. The fourth-order valence-electron chi connectivity index (χ4n) is 3.76. The van der Waals surface area contributed by atoms with Gasteiger partial charge in [-0.25, -0.2) is 0 Å². The molecule has 3 saturated heterocycles. The summed E-state index contributed by atoms with van der Waals surface area (Å²) in [5.41, 5.74) is -0.836. The van der Waals surface area contributed by atoms with E-state index in [-0.39, 0.29) is 22.8 Å². The van der Waals surface area contributed by atoms with Gasteiger partial charge in [0.05, 0.1) is 10.4 Å². The Kier molecular flexibility index (Phi) is 4.86. The second-order valence-electron chi connectivity index (χ2n) is 6.93. The molecule has 1 N–H and O–H groups in total. The summed E-state index contributed by atoms with van der Waals surface area (Å²) in [5, 5.41) is 3.33. The lowest BCUT2D eigenvalue weighted by molar-refractivity contribution is -0.138. The topological polar surface area (TPSA) is 41.6 Å². The molecule has 2 bridgehead atoms. The highest BCUT2D eigenvalue weighted by Gasteiger charge is 2.36. The number of ether oxygens (including phenoxy) is 1. The van der Waals surface area contributed by atoms with E-state index >= 15 is 0 Å². The van der Waals surface area contributed by atoms with Crippen molar-refractivity contribution < 1.29 is 22.7 Å². The van der Waals surface area contributed by atoms with E-state index in [9.17, 15) is 18.0 Å². The predicted octanol–water partition coefficient (Wildman–Crippen LogP) is 4.38. The van der Waals surface area contributed by atoms with Crippen molar-refractivity contribution in [2.75, 3.05) is 19.6 Å². The number of piperidine rings is 3. The molecule has 1 amide bonds. The van der Waals surface area contributed by atoms with Crippen LogP contribution in [0.4, 0.5) is 13.2 Å². The van der Waals surface area contributed by atoms with Gasteiger partial charge in [-0.2, -0.15) is 13.2 Å². The molecule has 27 heavy (non-hydrogen) atoms. The molecule has 0 radical (unpaired) electrons. The van der Waals surface area contributed by atoms with Crippen molar-refractivity contribution in [2.24, 2.45) is 5.92 Å². The van der Waals surface area contributed by atoms with Crippen molar-refractivity contribution in [3.63, 3.8) is 0 Å². The number of alkyl halides is 3. The van der Waals surface area contributed by atoms with Crippen LogP contribution >= 0.6 is 11.3 Å². The number of rotatable bonds is 4. The SMILES string of the molecule is O=C(NC1CN2CCC1CC2)c1ccc(Oc2ccccc2C(F)(F)F)s1. The third-order valence-corrected chi connectivity index (χ3v) is 6.14. The Morgan fingerprint density at radius 3 is 2.56 bits per heavy atom. The quantitative estimate of drug-likeness (QED) is 0.834. The molecule has 0 aliphatic carbocycles. The molecule has 4 heterocycles. The second-order valence-corrected chi connectivity index (χ2v) is 7.98. The number of hydrogen-bond donors (Lipinski definition) is 1. The minimum atomic E-state index is -4.50. The second kappa shape index (κ2) is 7.16. The number of halogens is 3. The minimum Gasteiger partial charge on any atom is -0.446 e. The third-order valence-electron chi connectivity index (χ3n) is 5.18. The Hall–Kier alpha value is -2.06. The van der Waals surface area contributed by atoms with Crippen LogP contribution < -0.4 is 10.1 Å².